The number of nitro groups is 1. The van der Waals surface area contributed by atoms with Crippen molar-refractivity contribution >= 4 is 5.69 Å². The van der Waals surface area contributed by atoms with E-state index in [1.54, 1.807) is 0 Å². The van der Waals surface area contributed by atoms with Crippen molar-refractivity contribution in [1.29, 1.82) is 0 Å². The molecule has 0 bridgehead atoms. The van der Waals surface area contributed by atoms with Crippen LogP contribution >= 0.6 is 0 Å². The van der Waals surface area contributed by atoms with Gasteiger partial charge in [-0.15, -0.1) is 0 Å². The summed E-state index contributed by atoms with van der Waals surface area (Å²) in [6.45, 7) is 7.08. The van der Waals surface area contributed by atoms with Crippen LogP contribution in [0.1, 0.15) is 26.3 Å². The van der Waals surface area contributed by atoms with Crippen LogP contribution in [0.5, 0.6) is 0 Å². The molecule has 1 rings (SSSR count). The summed E-state index contributed by atoms with van der Waals surface area (Å²) in [5.74, 6) is -0.480. The Bertz CT molecular complexity index is 450. The van der Waals surface area contributed by atoms with Crippen molar-refractivity contribution in [2.45, 2.75) is 32.9 Å². The fourth-order valence-electron chi connectivity index (χ4n) is 1.81. The molecule has 1 N–H and O–H groups in total. The fraction of sp³-hybridized carbons (Fsp3) is 0.538. The molecule has 0 aliphatic heterocycles. The normalized spacial score (nSPS) is 11.6. The first-order valence-electron chi connectivity index (χ1n) is 6.13. The van der Waals surface area contributed by atoms with E-state index in [1.807, 2.05) is 20.8 Å². The minimum atomic E-state index is -0.510. The van der Waals surface area contributed by atoms with Crippen molar-refractivity contribution < 1.29 is 14.1 Å². The molecule has 5 nitrogen and oxygen atoms in total. The van der Waals surface area contributed by atoms with Gasteiger partial charge in [0.15, 0.2) is 0 Å². The van der Waals surface area contributed by atoms with Gasteiger partial charge in [0.2, 0.25) is 0 Å². The number of benzene rings is 1. The van der Waals surface area contributed by atoms with Gasteiger partial charge in [0.25, 0.3) is 5.69 Å². The summed E-state index contributed by atoms with van der Waals surface area (Å²) in [6.07, 6.45) is 0. The molecule has 1 aromatic carbocycles. The van der Waals surface area contributed by atoms with E-state index in [-0.39, 0.29) is 17.8 Å². The smallest absolute Gasteiger partial charge is 0.274 e. The Kier molecular flexibility index (Phi) is 5.38. The Morgan fingerprint density at radius 2 is 2.16 bits per heavy atom. The van der Waals surface area contributed by atoms with Crippen LogP contribution in [0.25, 0.3) is 0 Å². The van der Waals surface area contributed by atoms with Gasteiger partial charge < -0.3 is 10.1 Å². The van der Waals surface area contributed by atoms with Gasteiger partial charge in [-0.2, -0.15) is 0 Å². The maximum atomic E-state index is 13.1. The molecule has 19 heavy (non-hydrogen) atoms. The van der Waals surface area contributed by atoms with Crippen molar-refractivity contribution in [3.05, 3.63) is 39.7 Å². The van der Waals surface area contributed by atoms with Crippen LogP contribution in [0, 0.1) is 15.9 Å². The van der Waals surface area contributed by atoms with E-state index in [0.29, 0.717) is 18.7 Å². The maximum Gasteiger partial charge on any atom is 0.274 e. The number of halogens is 1. The molecule has 0 saturated carbocycles. The lowest BCUT2D eigenvalue weighted by molar-refractivity contribution is -0.385. The molecule has 0 aromatic heterocycles. The molecule has 0 fully saturated rings. The van der Waals surface area contributed by atoms with E-state index in [4.69, 9.17) is 4.74 Å². The molecule has 1 aromatic rings. The highest BCUT2D eigenvalue weighted by Gasteiger charge is 2.18. The zero-order valence-electron chi connectivity index (χ0n) is 11.4. The topological polar surface area (TPSA) is 64.4 Å². The van der Waals surface area contributed by atoms with Gasteiger partial charge >= 0.3 is 0 Å². The first-order chi connectivity index (χ1) is 8.85. The average Bonchev–Trinajstić information content (AvgIpc) is 2.28. The Balaban J connectivity index is 2.67. The van der Waals surface area contributed by atoms with Crippen molar-refractivity contribution in [2.24, 2.45) is 0 Å². The molecular formula is C13H19FN2O3. The summed E-state index contributed by atoms with van der Waals surface area (Å²) < 4.78 is 18.6. The first kappa shape index (κ1) is 15.5. The van der Waals surface area contributed by atoms with Gasteiger partial charge in [0.1, 0.15) is 5.82 Å². The van der Waals surface area contributed by atoms with Gasteiger partial charge in [0, 0.05) is 31.3 Å². The highest BCUT2D eigenvalue weighted by atomic mass is 19.1. The molecule has 0 atom stereocenters. The third kappa shape index (κ3) is 4.92. The molecule has 0 spiro atoms. The average molecular weight is 270 g/mol. The van der Waals surface area contributed by atoms with Crippen molar-refractivity contribution in [2.75, 3.05) is 13.2 Å². The molecule has 106 valence electrons. The minimum absolute atomic E-state index is 0.0804. The van der Waals surface area contributed by atoms with Crippen LogP contribution in [-0.4, -0.2) is 23.7 Å². The van der Waals surface area contributed by atoms with E-state index in [2.05, 4.69) is 5.32 Å². The Morgan fingerprint density at radius 1 is 1.47 bits per heavy atom. The Labute approximate surface area is 111 Å². The van der Waals surface area contributed by atoms with E-state index in [9.17, 15) is 14.5 Å². The van der Waals surface area contributed by atoms with E-state index < -0.39 is 10.7 Å². The highest BCUT2D eigenvalue weighted by Crippen LogP contribution is 2.19. The van der Waals surface area contributed by atoms with E-state index in [1.165, 1.54) is 12.1 Å². The summed E-state index contributed by atoms with van der Waals surface area (Å²) in [6, 6.07) is 3.45. The molecule has 0 radical (unpaired) electrons. The summed E-state index contributed by atoms with van der Waals surface area (Å²) in [5, 5.41) is 13.9. The monoisotopic (exact) mass is 270 g/mol. The molecule has 0 unspecified atom stereocenters. The fourth-order valence-corrected chi connectivity index (χ4v) is 1.81. The largest absolute Gasteiger partial charge is 0.375 e. The van der Waals surface area contributed by atoms with Crippen LogP contribution < -0.4 is 5.32 Å². The molecule has 0 amide bonds. The van der Waals surface area contributed by atoms with Crippen molar-refractivity contribution in [3.8, 4) is 0 Å². The maximum absolute atomic E-state index is 13.1. The van der Waals surface area contributed by atoms with Gasteiger partial charge in [-0.05, 0) is 32.9 Å². The summed E-state index contributed by atoms with van der Waals surface area (Å²) in [4.78, 5) is 10.3. The minimum Gasteiger partial charge on any atom is -0.375 e. The van der Waals surface area contributed by atoms with E-state index >= 15 is 0 Å². The summed E-state index contributed by atoms with van der Waals surface area (Å²) in [7, 11) is 0. The van der Waals surface area contributed by atoms with Gasteiger partial charge in [-0.1, -0.05) is 0 Å². The highest BCUT2D eigenvalue weighted by molar-refractivity contribution is 5.40. The van der Waals surface area contributed by atoms with Crippen LogP contribution in [0.3, 0.4) is 0 Å². The summed E-state index contributed by atoms with van der Waals surface area (Å²) in [5.41, 5.74) is -0.114. The van der Waals surface area contributed by atoms with Gasteiger partial charge in [0.05, 0.1) is 10.5 Å². The SMILES string of the molecule is CCOC(C)(C)CNCc1cc(F)ccc1[N+](=O)[O-]. The standard InChI is InChI=1S/C13H19FN2O3/c1-4-19-13(2,3)9-15-8-10-7-11(14)5-6-12(10)16(17)18/h5-7,15H,4,8-9H2,1-3H3. The number of hydrogen-bond donors (Lipinski definition) is 1. The number of nitrogens with one attached hydrogen (secondary N) is 1. The van der Waals surface area contributed by atoms with Gasteiger partial charge in [-0.3, -0.25) is 10.1 Å². The number of nitro benzene ring substituents is 1. The molecule has 0 aliphatic rings. The number of ether oxygens (including phenoxy) is 1. The van der Waals surface area contributed by atoms with Crippen LogP contribution in [-0.2, 0) is 11.3 Å². The second-order valence-corrected chi connectivity index (χ2v) is 4.83. The molecule has 0 saturated heterocycles. The van der Waals surface area contributed by atoms with E-state index in [0.717, 1.165) is 6.07 Å². The Morgan fingerprint density at radius 3 is 2.74 bits per heavy atom. The third-order valence-corrected chi connectivity index (χ3v) is 2.64. The summed E-state index contributed by atoms with van der Waals surface area (Å²) >= 11 is 0. The number of rotatable bonds is 7. The number of hydrogen-bond acceptors (Lipinski definition) is 4. The van der Waals surface area contributed by atoms with Crippen molar-refractivity contribution in [3.63, 3.8) is 0 Å². The second-order valence-electron chi connectivity index (χ2n) is 4.83. The molecule has 6 heteroatoms. The predicted octanol–water partition coefficient (Wildman–Crippen LogP) is 2.64. The van der Waals surface area contributed by atoms with Crippen LogP contribution in [0.15, 0.2) is 18.2 Å². The zero-order chi connectivity index (χ0) is 14.5. The van der Waals surface area contributed by atoms with Crippen LogP contribution in [0.4, 0.5) is 10.1 Å². The second kappa shape index (κ2) is 6.58. The molecular weight excluding hydrogens is 251 g/mol. The predicted molar refractivity (Wildman–Crippen MR) is 70.5 cm³/mol. The lowest BCUT2D eigenvalue weighted by atomic mass is 10.1. The Hall–Kier alpha value is -1.53. The molecule has 0 heterocycles. The van der Waals surface area contributed by atoms with Crippen molar-refractivity contribution in [1.82, 2.24) is 5.32 Å². The third-order valence-electron chi connectivity index (χ3n) is 2.64. The van der Waals surface area contributed by atoms with Gasteiger partial charge in [-0.25, -0.2) is 4.39 Å². The lowest BCUT2D eigenvalue weighted by Gasteiger charge is -2.25. The molecule has 0 aliphatic carbocycles. The lowest BCUT2D eigenvalue weighted by Crippen LogP contribution is -2.37. The quantitative estimate of drug-likeness (QED) is 0.611. The first-order valence-corrected chi connectivity index (χ1v) is 6.13. The van der Waals surface area contributed by atoms with Crippen LogP contribution in [0.2, 0.25) is 0 Å². The number of nitrogens with zero attached hydrogens (tertiary/aromatic N) is 1. The zero-order valence-corrected chi connectivity index (χ0v) is 11.4.